The van der Waals surface area contributed by atoms with Crippen molar-refractivity contribution < 1.29 is 19.3 Å². The molecule has 2 amide bonds. The first-order valence-electron chi connectivity index (χ1n) is 11.1. The van der Waals surface area contributed by atoms with Crippen LogP contribution < -0.4 is 10.2 Å². The summed E-state index contributed by atoms with van der Waals surface area (Å²) in [5, 5.41) is 14.9. The fourth-order valence-electron chi connectivity index (χ4n) is 4.47. The van der Waals surface area contributed by atoms with Gasteiger partial charge in [-0.25, -0.2) is 4.90 Å². The molecule has 2 aliphatic heterocycles. The van der Waals surface area contributed by atoms with Crippen molar-refractivity contribution in [2.75, 3.05) is 25.0 Å². The molecule has 1 fully saturated rings. The lowest BCUT2D eigenvalue weighted by atomic mass is 9.96. The number of benzene rings is 2. The molecule has 0 unspecified atom stereocenters. The molecule has 176 valence electrons. The quantitative estimate of drug-likeness (QED) is 0.314. The van der Waals surface area contributed by atoms with Gasteiger partial charge in [-0.2, -0.15) is 0 Å². The maximum atomic E-state index is 13.6. The number of likely N-dealkylation sites (tertiary alicyclic amines) is 1. The number of imide groups is 1. The molecule has 9 heteroatoms. The summed E-state index contributed by atoms with van der Waals surface area (Å²) in [4.78, 5) is 52.4. The second kappa shape index (κ2) is 9.18. The molecule has 0 spiro atoms. The topological polar surface area (TPSA) is 113 Å². The van der Waals surface area contributed by atoms with E-state index in [9.17, 15) is 24.5 Å². The number of nitro benzene ring substituents is 1. The SMILES string of the molecule is CC(=O)c1ccc2c(c1)C(=C(NC1CCN(C)CC1)c1cccc([N+](=O)[O-])c1)C(=O)N2C(C)=O. The Hall–Kier alpha value is -3.85. The molecule has 0 radical (unpaired) electrons. The van der Waals surface area contributed by atoms with Crippen LogP contribution in [0.25, 0.3) is 11.3 Å². The highest BCUT2D eigenvalue weighted by atomic mass is 16.6. The minimum absolute atomic E-state index is 0.0385. The highest BCUT2D eigenvalue weighted by molar-refractivity contribution is 6.43. The van der Waals surface area contributed by atoms with Gasteiger partial charge in [0, 0.05) is 41.8 Å². The number of Topliss-reactive ketones (excluding diaryl/α,β-unsaturated/α-hetero) is 1. The molecule has 2 aromatic rings. The van der Waals surface area contributed by atoms with E-state index < -0.39 is 16.7 Å². The number of nitrogens with zero attached hydrogens (tertiary/aromatic N) is 3. The van der Waals surface area contributed by atoms with Crippen LogP contribution in [0.3, 0.4) is 0 Å². The third-order valence-corrected chi connectivity index (χ3v) is 6.31. The van der Waals surface area contributed by atoms with Crippen LogP contribution >= 0.6 is 0 Å². The van der Waals surface area contributed by atoms with Gasteiger partial charge in [0.05, 0.1) is 21.9 Å². The van der Waals surface area contributed by atoms with E-state index in [1.54, 1.807) is 30.3 Å². The lowest BCUT2D eigenvalue weighted by molar-refractivity contribution is -0.384. The monoisotopic (exact) mass is 462 g/mol. The molecule has 0 aromatic heterocycles. The molecular formula is C25H26N4O5. The first-order chi connectivity index (χ1) is 16.2. The third-order valence-electron chi connectivity index (χ3n) is 6.31. The number of carbonyl (C=O) groups is 3. The van der Waals surface area contributed by atoms with E-state index in [0.29, 0.717) is 28.1 Å². The van der Waals surface area contributed by atoms with Crippen molar-refractivity contribution in [2.24, 2.45) is 0 Å². The number of carbonyl (C=O) groups excluding carboxylic acids is 3. The molecule has 0 saturated carbocycles. The van der Waals surface area contributed by atoms with Crippen LogP contribution in [-0.4, -0.2) is 53.6 Å². The number of non-ortho nitro benzene ring substituents is 1. The molecule has 34 heavy (non-hydrogen) atoms. The number of nitrogens with one attached hydrogen (secondary N) is 1. The van der Waals surface area contributed by atoms with Gasteiger partial charge in [0.2, 0.25) is 5.91 Å². The summed E-state index contributed by atoms with van der Waals surface area (Å²) in [5.41, 5.74) is 2.28. The molecule has 9 nitrogen and oxygen atoms in total. The molecule has 2 aromatic carbocycles. The number of anilines is 1. The minimum atomic E-state index is -0.523. The summed E-state index contributed by atoms with van der Waals surface area (Å²) in [7, 11) is 2.04. The van der Waals surface area contributed by atoms with Crippen LogP contribution in [-0.2, 0) is 9.59 Å². The van der Waals surface area contributed by atoms with Gasteiger partial charge in [0.15, 0.2) is 5.78 Å². The predicted molar refractivity (Wildman–Crippen MR) is 128 cm³/mol. The Bertz CT molecular complexity index is 1230. The Morgan fingerprint density at radius 1 is 1.06 bits per heavy atom. The maximum absolute atomic E-state index is 13.6. The van der Waals surface area contributed by atoms with E-state index in [1.165, 1.54) is 26.0 Å². The Morgan fingerprint density at radius 2 is 1.76 bits per heavy atom. The fraction of sp³-hybridized carbons (Fsp3) is 0.320. The molecule has 2 heterocycles. The van der Waals surface area contributed by atoms with Crippen molar-refractivity contribution in [3.05, 3.63) is 69.3 Å². The predicted octanol–water partition coefficient (Wildman–Crippen LogP) is 3.24. The van der Waals surface area contributed by atoms with Gasteiger partial charge in [-0.05, 0) is 58.1 Å². The van der Waals surface area contributed by atoms with Crippen LogP contribution in [0.4, 0.5) is 11.4 Å². The van der Waals surface area contributed by atoms with Crippen LogP contribution in [0, 0.1) is 10.1 Å². The standard InChI is InChI=1S/C25H26N4O5/c1-15(30)17-7-8-22-21(14-17)23(25(32)28(22)16(2)31)24(26-19-9-11-27(3)12-10-19)18-5-4-6-20(13-18)29(33)34/h4-8,13-14,19,26H,9-12H2,1-3H3. The first-order valence-corrected chi connectivity index (χ1v) is 11.1. The number of fused-ring (bicyclic) bond motifs is 1. The van der Waals surface area contributed by atoms with Crippen molar-refractivity contribution in [1.82, 2.24) is 10.2 Å². The van der Waals surface area contributed by atoms with Crippen molar-refractivity contribution in [3.8, 4) is 0 Å². The molecule has 2 aliphatic rings. The van der Waals surface area contributed by atoms with E-state index in [2.05, 4.69) is 10.2 Å². The fourth-order valence-corrected chi connectivity index (χ4v) is 4.47. The van der Waals surface area contributed by atoms with Crippen LogP contribution in [0.1, 0.15) is 48.2 Å². The number of hydrogen-bond acceptors (Lipinski definition) is 7. The van der Waals surface area contributed by atoms with Crippen molar-refractivity contribution in [2.45, 2.75) is 32.7 Å². The van der Waals surface area contributed by atoms with Gasteiger partial charge in [-0.3, -0.25) is 24.5 Å². The first kappa shape index (κ1) is 23.3. The second-order valence-corrected chi connectivity index (χ2v) is 8.73. The highest BCUT2D eigenvalue weighted by Gasteiger charge is 2.38. The minimum Gasteiger partial charge on any atom is -0.381 e. The van der Waals surface area contributed by atoms with E-state index >= 15 is 0 Å². The van der Waals surface area contributed by atoms with Crippen LogP contribution in [0.15, 0.2) is 42.5 Å². The lowest BCUT2D eigenvalue weighted by Gasteiger charge is -2.31. The lowest BCUT2D eigenvalue weighted by Crippen LogP contribution is -2.40. The van der Waals surface area contributed by atoms with E-state index in [0.717, 1.165) is 30.8 Å². The van der Waals surface area contributed by atoms with Crippen LogP contribution in [0.5, 0.6) is 0 Å². The molecule has 4 rings (SSSR count). The summed E-state index contributed by atoms with van der Waals surface area (Å²) in [6, 6.07) is 10.9. The summed E-state index contributed by atoms with van der Waals surface area (Å²) >= 11 is 0. The summed E-state index contributed by atoms with van der Waals surface area (Å²) in [6.07, 6.45) is 1.65. The molecular weight excluding hydrogens is 436 g/mol. The average Bonchev–Trinajstić information content (AvgIpc) is 3.09. The Balaban J connectivity index is 1.95. The number of rotatable bonds is 5. The largest absolute Gasteiger partial charge is 0.381 e. The zero-order chi connectivity index (χ0) is 24.6. The number of nitro groups is 1. The van der Waals surface area contributed by atoms with Gasteiger partial charge in [0.25, 0.3) is 11.6 Å². The van der Waals surface area contributed by atoms with Gasteiger partial charge in [-0.15, -0.1) is 0 Å². The normalized spacial score (nSPS) is 18.0. The van der Waals surface area contributed by atoms with Gasteiger partial charge in [0.1, 0.15) is 0 Å². The highest BCUT2D eigenvalue weighted by Crippen LogP contribution is 2.41. The maximum Gasteiger partial charge on any atom is 0.270 e. The Labute approximate surface area is 197 Å². The van der Waals surface area contributed by atoms with Crippen LogP contribution in [0.2, 0.25) is 0 Å². The zero-order valence-electron chi connectivity index (χ0n) is 19.3. The Kier molecular flexibility index (Phi) is 6.30. The summed E-state index contributed by atoms with van der Waals surface area (Å²) in [6.45, 7) is 4.48. The van der Waals surface area contributed by atoms with Gasteiger partial charge >= 0.3 is 0 Å². The van der Waals surface area contributed by atoms with E-state index in [-0.39, 0.29) is 23.1 Å². The number of amides is 2. The Morgan fingerprint density at radius 3 is 2.38 bits per heavy atom. The second-order valence-electron chi connectivity index (χ2n) is 8.73. The molecule has 0 bridgehead atoms. The molecule has 1 N–H and O–H groups in total. The summed E-state index contributed by atoms with van der Waals surface area (Å²) in [5.74, 6) is -1.14. The van der Waals surface area contributed by atoms with Crippen molar-refractivity contribution in [3.63, 3.8) is 0 Å². The van der Waals surface area contributed by atoms with Gasteiger partial charge < -0.3 is 10.2 Å². The van der Waals surface area contributed by atoms with E-state index in [1.807, 2.05) is 7.05 Å². The summed E-state index contributed by atoms with van der Waals surface area (Å²) < 4.78 is 0. The number of piperidine rings is 1. The third kappa shape index (κ3) is 4.34. The van der Waals surface area contributed by atoms with Crippen molar-refractivity contribution in [1.29, 1.82) is 0 Å². The number of ketones is 1. The molecule has 0 atom stereocenters. The molecule has 0 aliphatic carbocycles. The average molecular weight is 463 g/mol. The van der Waals surface area contributed by atoms with E-state index in [4.69, 9.17) is 0 Å². The van der Waals surface area contributed by atoms with Crippen molar-refractivity contribution >= 4 is 40.2 Å². The zero-order valence-corrected chi connectivity index (χ0v) is 19.3. The number of hydrogen-bond donors (Lipinski definition) is 1. The smallest absolute Gasteiger partial charge is 0.270 e. The van der Waals surface area contributed by atoms with Gasteiger partial charge in [-0.1, -0.05) is 12.1 Å². The molecule has 1 saturated heterocycles.